The van der Waals surface area contributed by atoms with Gasteiger partial charge in [-0.05, 0) is 77.0 Å². The molecule has 1 amide bonds. The van der Waals surface area contributed by atoms with Crippen LogP contribution in [0.5, 0.6) is 0 Å². The van der Waals surface area contributed by atoms with E-state index in [9.17, 15) is 19.8 Å². The zero-order valence-corrected chi connectivity index (χ0v) is 57.9. The van der Waals surface area contributed by atoms with Crippen molar-refractivity contribution in [1.82, 2.24) is 5.32 Å². The molecule has 0 saturated carbocycles. The van der Waals surface area contributed by atoms with Crippen molar-refractivity contribution in [2.45, 2.75) is 456 Å². The minimum atomic E-state index is -0.667. The van der Waals surface area contributed by atoms with E-state index in [1.807, 2.05) is 0 Å². The molecule has 2 atom stereocenters. The highest BCUT2D eigenvalue weighted by atomic mass is 16.5. The van der Waals surface area contributed by atoms with Crippen molar-refractivity contribution in [3.8, 4) is 0 Å². The first-order chi connectivity index (χ1) is 42.0. The normalized spacial score (nSPS) is 12.6. The average Bonchev–Trinajstić information content (AvgIpc) is 3.51. The van der Waals surface area contributed by atoms with Gasteiger partial charge in [-0.2, -0.15) is 0 Å². The lowest BCUT2D eigenvalue weighted by atomic mass is 10.0. The lowest BCUT2D eigenvalue weighted by molar-refractivity contribution is -0.143. The Hall–Kier alpha value is -1.66. The number of esters is 1. The van der Waals surface area contributed by atoms with E-state index in [-0.39, 0.29) is 18.5 Å². The van der Waals surface area contributed by atoms with E-state index in [1.165, 1.54) is 366 Å². The van der Waals surface area contributed by atoms with Crippen LogP contribution in [0.1, 0.15) is 444 Å². The van der Waals surface area contributed by atoms with Crippen molar-refractivity contribution in [3.05, 3.63) is 24.3 Å². The van der Waals surface area contributed by atoms with Gasteiger partial charge in [0.25, 0.3) is 0 Å². The maximum Gasteiger partial charge on any atom is 0.305 e. The molecule has 6 nitrogen and oxygen atoms in total. The number of unbranched alkanes of at least 4 members (excludes halogenated alkanes) is 59. The Morgan fingerprint density at radius 1 is 0.318 bits per heavy atom. The third-order valence-corrected chi connectivity index (χ3v) is 18.5. The second-order valence-electron chi connectivity index (χ2n) is 27.0. The predicted molar refractivity (Wildman–Crippen MR) is 375 cm³/mol. The highest BCUT2D eigenvalue weighted by Gasteiger charge is 2.20. The first-order valence-corrected chi connectivity index (χ1v) is 39.1. The summed E-state index contributed by atoms with van der Waals surface area (Å²) >= 11 is 0. The van der Waals surface area contributed by atoms with Crippen LogP contribution in [0, 0.1) is 0 Å². The van der Waals surface area contributed by atoms with Crippen molar-refractivity contribution >= 4 is 11.9 Å². The number of ether oxygens (including phenoxy) is 1. The maximum absolute atomic E-state index is 12.6. The number of aliphatic hydroxyl groups is 2. The van der Waals surface area contributed by atoms with Gasteiger partial charge in [0.15, 0.2) is 0 Å². The van der Waals surface area contributed by atoms with Gasteiger partial charge in [-0.15, -0.1) is 0 Å². The van der Waals surface area contributed by atoms with Crippen molar-refractivity contribution in [1.29, 1.82) is 0 Å². The fourth-order valence-electron chi connectivity index (χ4n) is 12.5. The molecule has 0 saturated heterocycles. The van der Waals surface area contributed by atoms with Crippen LogP contribution in [-0.2, 0) is 14.3 Å². The molecular weight excluding hydrogens is 1040 g/mol. The summed E-state index contributed by atoms with van der Waals surface area (Å²) in [6.45, 7) is 5.00. The summed E-state index contributed by atoms with van der Waals surface area (Å²) in [5.41, 5.74) is 0. The summed E-state index contributed by atoms with van der Waals surface area (Å²) in [7, 11) is 0. The SMILES string of the molecule is CCCCCCCCC/C=C\CCCCCCCCCC(=O)OCCCCCCCCCCCCCC/C=C\CCCCCCCCCCCCC(=O)NC(CO)C(O)CCCCCCCCCCCCCCCCCCCCCCCCCC. The van der Waals surface area contributed by atoms with Gasteiger partial charge < -0.3 is 20.3 Å². The monoisotopic (exact) mass is 1200 g/mol. The predicted octanol–water partition coefficient (Wildman–Crippen LogP) is 25.7. The maximum atomic E-state index is 12.6. The fraction of sp³-hybridized carbons (Fsp3) is 0.924. The summed E-state index contributed by atoms with van der Waals surface area (Å²) in [6.07, 6.45) is 95.4. The molecule has 0 aromatic rings. The van der Waals surface area contributed by atoms with Crippen LogP contribution >= 0.6 is 0 Å². The smallest absolute Gasteiger partial charge is 0.305 e. The number of carbonyl (C=O) groups is 2. The van der Waals surface area contributed by atoms with E-state index >= 15 is 0 Å². The topological polar surface area (TPSA) is 95.9 Å². The summed E-state index contributed by atoms with van der Waals surface area (Å²) < 4.78 is 5.51. The largest absolute Gasteiger partial charge is 0.466 e. The molecular formula is C79H153NO5. The summed E-state index contributed by atoms with van der Waals surface area (Å²) in [5, 5.41) is 23.5. The Bertz CT molecular complexity index is 1330. The second kappa shape index (κ2) is 74.8. The van der Waals surface area contributed by atoms with E-state index in [4.69, 9.17) is 4.74 Å². The molecule has 0 heterocycles. The van der Waals surface area contributed by atoms with Gasteiger partial charge in [-0.25, -0.2) is 0 Å². The van der Waals surface area contributed by atoms with Gasteiger partial charge in [-0.1, -0.05) is 378 Å². The molecule has 2 unspecified atom stereocenters. The number of carbonyl (C=O) groups excluding carboxylic acids is 2. The molecule has 0 spiro atoms. The van der Waals surface area contributed by atoms with Crippen molar-refractivity contribution in [2.75, 3.05) is 13.2 Å². The average molecular weight is 1200 g/mol. The minimum absolute atomic E-state index is 0.0127. The van der Waals surface area contributed by atoms with Crippen molar-refractivity contribution < 1.29 is 24.5 Å². The molecule has 6 heteroatoms. The van der Waals surface area contributed by atoms with Crippen molar-refractivity contribution in [2.24, 2.45) is 0 Å². The first-order valence-electron chi connectivity index (χ1n) is 39.1. The van der Waals surface area contributed by atoms with Gasteiger partial charge in [-0.3, -0.25) is 9.59 Å². The quantitative estimate of drug-likeness (QED) is 0.0320. The lowest BCUT2D eigenvalue weighted by Gasteiger charge is -2.22. The molecule has 0 radical (unpaired) electrons. The first kappa shape index (κ1) is 83.3. The molecule has 0 aromatic heterocycles. The zero-order chi connectivity index (χ0) is 61.3. The molecule has 0 aliphatic heterocycles. The third kappa shape index (κ3) is 71.3. The van der Waals surface area contributed by atoms with Gasteiger partial charge in [0.1, 0.15) is 0 Å². The number of amides is 1. The standard InChI is InChI=1S/C79H153NO5/c1-3-5-7-9-11-13-15-17-19-21-23-24-25-30-33-36-39-43-47-51-55-59-63-67-71-77(82)76(75-81)80-78(83)72-68-64-60-56-52-48-44-40-37-34-31-28-26-27-29-32-35-38-42-46-50-54-58-62-66-70-74-85-79(84)73-69-65-61-57-53-49-45-41-22-20-18-16-14-12-10-8-6-4-2/h20,22,26,28,76-77,81-82H,3-19,21,23-25,27,29-75H2,1-2H3,(H,80,83)/b22-20-,28-26-. The summed E-state index contributed by atoms with van der Waals surface area (Å²) in [6, 6.07) is -0.544. The molecule has 0 bridgehead atoms. The molecule has 0 aliphatic rings. The van der Waals surface area contributed by atoms with E-state index < -0.39 is 12.1 Å². The third-order valence-electron chi connectivity index (χ3n) is 18.5. The molecule has 0 rings (SSSR count). The van der Waals surface area contributed by atoms with E-state index in [1.54, 1.807) is 0 Å². The Morgan fingerprint density at radius 3 is 0.835 bits per heavy atom. The van der Waals surface area contributed by atoms with Gasteiger partial charge in [0.05, 0.1) is 25.4 Å². The molecule has 0 aromatic carbocycles. The number of allylic oxidation sites excluding steroid dienone is 4. The zero-order valence-electron chi connectivity index (χ0n) is 57.9. The van der Waals surface area contributed by atoms with Crippen LogP contribution in [0.2, 0.25) is 0 Å². The van der Waals surface area contributed by atoms with E-state index in [2.05, 4.69) is 43.5 Å². The molecule has 3 N–H and O–H groups in total. The highest BCUT2D eigenvalue weighted by molar-refractivity contribution is 5.76. The van der Waals surface area contributed by atoms with Gasteiger partial charge >= 0.3 is 5.97 Å². The second-order valence-corrected chi connectivity index (χ2v) is 27.0. The van der Waals surface area contributed by atoms with Gasteiger partial charge in [0.2, 0.25) is 5.91 Å². The molecule has 504 valence electrons. The highest BCUT2D eigenvalue weighted by Crippen LogP contribution is 2.20. The number of rotatable bonds is 74. The number of hydrogen-bond acceptors (Lipinski definition) is 5. The summed E-state index contributed by atoms with van der Waals surface area (Å²) in [5.74, 6) is -0.0187. The van der Waals surface area contributed by atoms with Crippen LogP contribution < -0.4 is 5.32 Å². The van der Waals surface area contributed by atoms with E-state index in [0.29, 0.717) is 25.9 Å². The van der Waals surface area contributed by atoms with E-state index in [0.717, 1.165) is 44.9 Å². The number of nitrogens with one attached hydrogen (secondary N) is 1. The molecule has 85 heavy (non-hydrogen) atoms. The Balaban J connectivity index is 3.38. The van der Waals surface area contributed by atoms with Gasteiger partial charge in [0, 0.05) is 12.8 Å². The van der Waals surface area contributed by atoms with Crippen LogP contribution in [0.4, 0.5) is 0 Å². The molecule has 0 fully saturated rings. The Kier molecular flexibility index (Phi) is 73.3. The minimum Gasteiger partial charge on any atom is -0.466 e. The number of aliphatic hydroxyl groups excluding tert-OH is 2. The van der Waals surface area contributed by atoms with Crippen molar-refractivity contribution in [3.63, 3.8) is 0 Å². The number of hydrogen-bond donors (Lipinski definition) is 3. The lowest BCUT2D eigenvalue weighted by Crippen LogP contribution is -2.45. The van der Waals surface area contributed by atoms with Crippen LogP contribution in [-0.4, -0.2) is 47.4 Å². The Labute approximate surface area is 532 Å². The fourth-order valence-corrected chi connectivity index (χ4v) is 12.5. The van der Waals surface area contributed by atoms with Crippen LogP contribution in [0.15, 0.2) is 24.3 Å². The summed E-state index contributed by atoms with van der Waals surface area (Å²) in [4.78, 5) is 24.7. The molecule has 0 aliphatic carbocycles. The Morgan fingerprint density at radius 2 is 0.553 bits per heavy atom. The van der Waals surface area contributed by atoms with Crippen LogP contribution in [0.25, 0.3) is 0 Å². The van der Waals surface area contributed by atoms with Crippen LogP contribution in [0.3, 0.4) is 0 Å².